The van der Waals surface area contributed by atoms with Crippen LogP contribution in [-0.2, 0) is 14.3 Å². The second-order valence-corrected chi connectivity index (χ2v) is 5.07. The van der Waals surface area contributed by atoms with Gasteiger partial charge in [-0.05, 0) is 18.9 Å². The Morgan fingerprint density at radius 3 is 3.16 bits per heavy atom. The highest BCUT2D eigenvalue weighted by atomic mass is 16.6. The molecule has 6 nitrogen and oxygen atoms in total. The molecule has 3 heterocycles. The van der Waals surface area contributed by atoms with E-state index < -0.39 is 6.10 Å². The van der Waals surface area contributed by atoms with Crippen LogP contribution in [-0.4, -0.2) is 60.0 Å². The molecule has 3 rings (SSSR count). The van der Waals surface area contributed by atoms with Crippen LogP contribution in [0.5, 0.6) is 0 Å². The second-order valence-electron chi connectivity index (χ2n) is 5.07. The lowest BCUT2D eigenvalue weighted by molar-refractivity contribution is -0.159. The number of piperidine rings is 1. The predicted molar refractivity (Wildman–Crippen MR) is 67.7 cm³/mol. The van der Waals surface area contributed by atoms with E-state index in [1.165, 1.54) is 0 Å². The standard InChI is InChI=1S/C13H19N3O3/c17-13(12-9-18-6-7-19-12)16-5-1-2-10(8-16)11-3-4-14-15-11/h3-4,10,12H,1-2,5-9H2,(H,14,15)/t10-,12-/m1/s1. The molecular formula is C13H19N3O3. The van der Waals surface area contributed by atoms with Crippen LogP contribution < -0.4 is 0 Å². The van der Waals surface area contributed by atoms with Crippen molar-refractivity contribution in [3.63, 3.8) is 0 Å². The molecule has 2 aliphatic rings. The van der Waals surface area contributed by atoms with Gasteiger partial charge in [-0.1, -0.05) is 0 Å². The van der Waals surface area contributed by atoms with Gasteiger partial charge < -0.3 is 14.4 Å². The van der Waals surface area contributed by atoms with Crippen molar-refractivity contribution in [2.24, 2.45) is 0 Å². The summed E-state index contributed by atoms with van der Waals surface area (Å²) >= 11 is 0. The van der Waals surface area contributed by atoms with E-state index in [9.17, 15) is 4.79 Å². The zero-order chi connectivity index (χ0) is 13.1. The Bertz CT molecular complexity index is 415. The Morgan fingerprint density at radius 1 is 1.47 bits per heavy atom. The molecule has 6 heteroatoms. The SMILES string of the molecule is O=C([C@H]1COCCO1)N1CCC[C@@H](c2ccn[nH]2)C1. The van der Waals surface area contributed by atoms with Crippen LogP contribution in [0.3, 0.4) is 0 Å². The van der Waals surface area contributed by atoms with Gasteiger partial charge in [0, 0.05) is 30.9 Å². The highest BCUT2D eigenvalue weighted by Gasteiger charge is 2.31. The molecule has 0 spiro atoms. The quantitative estimate of drug-likeness (QED) is 0.847. The lowest BCUT2D eigenvalue weighted by Crippen LogP contribution is -2.48. The first kappa shape index (κ1) is 12.6. The van der Waals surface area contributed by atoms with E-state index in [4.69, 9.17) is 9.47 Å². The fourth-order valence-corrected chi connectivity index (χ4v) is 2.76. The number of aromatic nitrogens is 2. The van der Waals surface area contributed by atoms with Crippen molar-refractivity contribution < 1.29 is 14.3 Å². The first-order valence-corrected chi connectivity index (χ1v) is 6.82. The molecule has 0 radical (unpaired) electrons. The molecule has 0 saturated carbocycles. The molecule has 104 valence electrons. The number of likely N-dealkylation sites (tertiary alicyclic amines) is 1. The molecule has 1 aromatic heterocycles. The van der Waals surface area contributed by atoms with Crippen LogP contribution in [0.15, 0.2) is 12.3 Å². The third-order valence-electron chi connectivity index (χ3n) is 3.79. The van der Waals surface area contributed by atoms with Crippen LogP contribution in [0.1, 0.15) is 24.5 Å². The fraction of sp³-hybridized carbons (Fsp3) is 0.692. The molecule has 2 aliphatic heterocycles. The van der Waals surface area contributed by atoms with Gasteiger partial charge in [0.05, 0.1) is 19.8 Å². The highest BCUT2D eigenvalue weighted by molar-refractivity contribution is 5.81. The van der Waals surface area contributed by atoms with Crippen molar-refractivity contribution in [3.05, 3.63) is 18.0 Å². The van der Waals surface area contributed by atoms with Gasteiger partial charge in [0.2, 0.25) is 0 Å². The number of hydrogen-bond donors (Lipinski definition) is 1. The molecule has 0 bridgehead atoms. The summed E-state index contributed by atoms with van der Waals surface area (Å²) in [6.45, 7) is 3.02. The minimum atomic E-state index is -0.422. The number of nitrogens with zero attached hydrogens (tertiary/aromatic N) is 2. The van der Waals surface area contributed by atoms with Gasteiger partial charge in [-0.15, -0.1) is 0 Å². The Kier molecular flexibility index (Phi) is 3.79. The van der Waals surface area contributed by atoms with Crippen molar-refractivity contribution in [2.45, 2.75) is 24.9 Å². The molecule has 2 saturated heterocycles. The predicted octanol–water partition coefficient (Wildman–Crippen LogP) is 0.531. The van der Waals surface area contributed by atoms with Crippen molar-refractivity contribution in [1.82, 2.24) is 15.1 Å². The molecule has 1 aromatic rings. The summed E-state index contributed by atoms with van der Waals surface area (Å²) in [7, 11) is 0. The molecule has 0 unspecified atom stereocenters. The third-order valence-corrected chi connectivity index (χ3v) is 3.79. The monoisotopic (exact) mass is 265 g/mol. The third kappa shape index (κ3) is 2.79. The van der Waals surface area contributed by atoms with Gasteiger partial charge in [0.15, 0.2) is 6.10 Å². The van der Waals surface area contributed by atoms with Gasteiger partial charge >= 0.3 is 0 Å². The number of amides is 1. The van der Waals surface area contributed by atoms with E-state index in [0.717, 1.165) is 31.6 Å². The van der Waals surface area contributed by atoms with Crippen LogP contribution in [0.2, 0.25) is 0 Å². The lowest BCUT2D eigenvalue weighted by atomic mass is 9.94. The van der Waals surface area contributed by atoms with E-state index in [1.807, 2.05) is 11.0 Å². The minimum Gasteiger partial charge on any atom is -0.376 e. The maximum Gasteiger partial charge on any atom is 0.254 e. The molecule has 1 amide bonds. The largest absolute Gasteiger partial charge is 0.376 e. The zero-order valence-corrected chi connectivity index (χ0v) is 10.9. The Morgan fingerprint density at radius 2 is 2.42 bits per heavy atom. The van der Waals surface area contributed by atoms with E-state index in [-0.39, 0.29) is 5.91 Å². The average molecular weight is 265 g/mol. The molecule has 1 N–H and O–H groups in total. The molecule has 19 heavy (non-hydrogen) atoms. The molecule has 2 atom stereocenters. The van der Waals surface area contributed by atoms with Gasteiger partial charge in [-0.3, -0.25) is 9.89 Å². The van der Waals surface area contributed by atoms with Gasteiger partial charge in [0.1, 0.15) is 0 Å². The number of rotatable bonds is 2. The van der Waals surface area contributed by atoms with Gasteiger partial charge in [-0.2, -0.15) is 5.10 Å². The van der Waals surface area contributed by atoms with Crippen molar-refractivity contribution in [2.75, 3.05) is 32.9 Å². The molecule has 0 aliphatic carbocycles. The maximum atomic E-state index is 12.4. The summed E-state index contributed by atoms with van der Waals surface area (Å²) < 4.78 is 10.8. The molecular weight excluding hydrogens is 246 g/mol. The molecule has 2 fully saturated rings. The number of carbonyl (C=O) groups excluding carboxylic acids is 1. The van der Waals surface area contributed by atoms with Crippen molar-refractivity contribution in [1.29, 1.82) is 0 Å². The van der Waals surface area contributed by atoms with Crippen molar-refractivity contribution >= 4 is 5.91 Å². The van der Waals surface area contributed by atoms with E-state index in [2.05, 4.69) is 10.2 Å². The topological polar surface area (TPSA) is 67.5 Å². The lowest BCUT2D eigenvalue weighted by Gasteiger charge is -2.35. The zero-order valence-electron chi connectivity index (χ0n) is 10.9. The summed E-state index contributed by atoms with van der Waals surface area (Å²) in [5.41, 5.74) is 1.11. The first-order chi connectivity index (χ1) is 9.34. The fourth-order valence-electron chi connectivity index (χ4n) is 2.76. The van der Waals surface area contributed by atoms with Crippen molar-refractivity contribution in [3.8, 4) is 0 Å². The van der Waals surface area contributed by atoms with E-state index in [1.54, 1.807) is 6.20 Å². The first-order valence-electron chi connectivity index (χ1n) is 6.82. The Hall–Kier alpha value is -1.40. The number of carbonyl (C=O) groups is 1. The van der Waals surface area contributed by atoms with Gasteiger partial charge in [-0.25, -0.2) is 0 Å². The maximum absolute atomic E-state index is 12.4. The average Bonchev–Trinajstić information content (AvgIpc) is 3.02. The normalized spacial score (nSPS) is 28.3. The minimum absolute atomic E-state index is 0.0592. The van der Waals surface area contributed by atoms with Crippen LogP contribution in [0.25, 0.3) is 0 Å². The Labute approximate surface area is 112 Å². The summed E-state index contributed by atoms with van der Waals surface area (Å²) in [5.74, 6) is 0.411. The number of ether oxygens (including phenoxy) is 2. The number of hydrogen-bond acceptors (Lipinski definition) is 4. The summed E-state index contributed by atoms with van der Waals surface area (Å²) in [6, 6.07) is 1.98. The second kappa shape index (κ2) is 5.71. The van der Waals surface area contributed by atoms with E-state index >= 15 is 0 Å². The number of H-pyrrole nitrogens is 1. The smallest absolute Gasteiger partial charge is 0.254 e. The molecule has 0 aromatic carbocycles. The summed E-state index contributed by atoms with van der Waals surface area (Å²) in [5, 5.41) is 6.99. The number of aromatic amines is 1. The summed E-state index contributed by atoms with van der Waals surface area (Å²) in [6.07, 6.45) is 3.44. The van der Waals surface area contributed by atoms with Gasteiger partial charge in [0.25, 0.3) is 5.91 Å². The Balaban J connectivity index is 1.62. The van der Waals surface area contributed by atoms with Crippen LogP contribution >= 0.6 is 0 Å². The summed E-state index contributed by atoms with van der Waals surface area (Å²) in [4.78, 5) is 14.3. The van der Waals surface area contributed by atoms with Crippen LogP contribution in [0.4, 0.5) is 0 Å². The number of nitrogens with one attached hydrogen (secondary N) is 1. The highest BCUT2D eigenvalue weighted by Crippen LogP contribution is 2.26. The van der Waals surface area contributed by atoms with Crippen LogP contribution in [0, 0.1) is 0 Å². The van der Waals surface area contributed by atoms with E-state index in [0.29, 0.717) is 25.7 Å².